The first kappa shape index (κ1) is 19.7. The van der Waals surface area contributed by atoms with Crippen LogP contribution in [-0.2, 0) is 19.2 Å². The Morgan fingerprint density at radius 3 is 2.64 bits per heavy atom. The molecule has 2 unspecified atom stereocenters. The van der Waals surface area contributed by atoms with E-state index in [0.717, 1.165) is 18.2 Å². The van der Waals surface area contributed by atoms with Gasteiger partial charge < -0.3 is 0 Å². The Hall–Kier alpha value is -1.59. The zero-order chi connectivity index (χ0) is 19.0. The molecule has 1 aliphatic carbocycles. The highest BCUT2D eigenvalue weighted by molar-refractivity contribution is 9.13. The van der Waals surface area contributed by atoms with Crippen LogP contribution in [-0.4, -0.2) is 34.0 Å². The maximum absolute atomic E-state index is 12.2. The molecule has 0 amide bonds. The van der Waals surface area contributed by atoms with Crippen LogP contribution < -0.4 is 0 Å². The molecule has 0 spiro atoms. The summed E-state index contributed by atoms with van der Waals surface area (Å²) in [6.07, 6.45) is 1.32. The number of non-ortho nitro benzene ring substituents is 1. The van der Waals surface area contributed by atoms with Crippen LogP contribution in [0.1, 0.15) is 13.8 Å². The summed E-state index contributed by atoms with van der Waals surface area (Å²) in [6, 6.07) is 4.43. The molecule has 0 fully saturated rings. The molecule has 0 saturated heterocycles. The predicted octanol–water partition coefficient (Wildman–Crippen LogP) is 3.10. The molecule has 0 bridgehead atoms. The summed E-state index contributed by atoms with van der Waals surface area (Å²) in [5, 5.41) is 14.5. The second kappa shape index (κ2) is 6.96. The van der Waals surface area contributed by atoms with Crippen molar-refractivity contribution < 1.29 is 22.4 Å². The number of nitro groups is 1. The van der Waals surface area contributed by atoms with E-state index in [-0.39, 0.29) is 17.2 Å². The Bertz CT molecular complexity index is 908. The fraction of sp³-hybridized carbons (Fsp3) is 0.286. The first-order valence-corrected chi connectivity index (χ1v) is 9.90. The second-order valence-corrected chi connectivity index (χ2v) is 9.48. The Kier molecular flexibility index (Phi) is 5.50. The van der Waals surface area contributed by atoms with E-state index in [1.807, 2.05) is 0 Å². The molecule has 8 nitrogen and oxygen atoms in total. The van der Waals surface area contributed by atoms with E-state index >= 15 is 0 Å². The fourth-order valence-corrected chi connectivity index (χ4v) is 3.90. The van der Waals surface area contributed by atoms with Crippen molar-refractivity contribution in [2.75, 3.05) is 0 Å². The molecule has 0 aromatic heterocycles. The lowest BCUT2D eigenvalue weighted by Crippen LogP contribution is -2.46. The van der Waals surface area contributed by atoms with E-state index in [1.54, 1.807) is 13.8 Å². The second-order valence-electron chi connectivity index (χ2n) is 5.39. The van der Waals surface area contributed by atoms with E-state index < -0.39 is 29.1 Å². The minimum atomic E-state index is -4.36. The topological polar surface area (TPSA) is 116 Å². The number of carbonyl (C=O) groups is 1. The molecular weight excluding hydrogens is 484 g/mol. The summed E-state index contributed by atoms with van der Waals surface area (Å²) in [5.74, 6) is -0.197. The van der Waals surface area contributed by atoms with Crippen molar-refractivity contribution in [2.24, 2.45) is 5.16 Å². The van der Waals surface area contributed by atoms with Crippen LogP contribution in [0.3, 0.4) is 0 Å². The number of hydrogen-bond acceptors (Lipinski definition) is 7. The van der Waals surface area contributed by atoms with Crippen LogP contribution in [0.4, 0.5) is 5.69 Å². The van der Waals surface area contributed by atoms with Gasteiger partial charge in [0.25, 0.3) is 5.69 Å². The van der Waals surface area contributed by atoms with Crippen molar-refractivity contribution >= 4 is 59.2 Å². The number of benzene rings is 1. The first-order chi connectivity index (χ1) is 11.5. The van der Waals surface area contributed by atoms with Gasteiger partial charge in [0.2, 0.25) is 0 Å². The third-order valence-corrected chi connectivity index (χ3v) is 7.38. The van der Waals surface area contributed by atoms with Crippen molar-refractivity contribution in [1.82, 2.24) is 0 Å². The molecule has 0 radical (unpaired) electrons. The summed E-state index contributed by atoms with van der Waals surface area (Å²) >= 11 is 6.59. The highest BCUT2D eigenvalue weighted by Crippen LogP contribution is 2.37. The van der Waals surface area contributed by atoms with Crippen molar-refractivity contribution in [3.05, 3.63) is 46.0 Å². The molecule has 0 heterocycles. The molecule has 1 aromatic rings. The van der Waals surface area contributed by atoms with E-state index in [9.17, 15) is 23.3 Å². The smallest absolute Gasteiger partial charge is 0.294 e. The lowest BCUT2D eigenvalue weighted by atomic mass is 9.88. The van der Waals surface area contributed by atoms with E-state index in [1.165, 1.54) is 12.1 Å². The van der Waals surface area contributed by atoms with E-state index in [2.05, 4.69) is 37.0 Å². The number of rotatable bonds is 4. The predicted molar refractivity (Wildman–Crippen MR) is 97.6 cm³/mol. The summed E-state index contributed by atoms with van der Waals surface area (Å²) in [4.78, 5) is 20.9. The standard InChI is InChI=1S/C14H12Br2N2O6S/c1-8-6-11(19)12(15)14(2,16)13(8)17-24-25(22,23)10-5-3-4-9(7-10)18(20)21/h3-7,12H,1-2H3. The zero-order valence-corrected chi connectivity index (χ0v) is 17.0. The van der Waals surface area contributed by atoms with Gasteiger partial charge in [0.1, 0.15) is 10.6 Å². The van der Waals surface area contributed by atoms with Gasteiger partial charge in [0.15, 0.2) is 5.78 Å². The summed E-state index contributed by atoms with van der Waals surface area (Å²) < 4.78 is 28.2. The minimum Gasteiger partial charge on any atom is -0.294 e. The van der Waals surface area contributed by atoms with Gasteiger partial charge >= 0.3 is 10.1 Å². The first-order valence-electron chi connectivity index (χ1n) is 6.79. The number of ketones is 1. The molecule has 134 valence electrons. The van der Waals surface area contributed by atoms with Crippen LogP contribution in [0.5, 0.6) is 0 Å². The lowest BCUT2D eigenvalue weighted by Gasteiger charge is -2.31. The molecule has 11 heteroatoms. The summed E-state index contributed by atoms with van der Waals surface area (Å²) in [5.41, 5.74) is 0.264. The van der Waals surface area contributed by atoms with Gasteiger partial charge in [-0.15, -0.1) is 0 Å². The maximum atomic E-state index is 12.2. The number of nitro benzene ring substituents is 1. The molecule has 2 rings (SSSR count). The highest BCUT2D eigenvalue weighted by Gasteiger charge is 2.44. The third-order valence-electron chi connectivity index (χ3n) is 3.46. The quantitative estimate of drug-likeness (QED) is 0.360. The summed E-state index contributed by atoms with van der Waals surface area (Å²) in [7, 11) is -4.36. The average molecular weight is 496 g/mol. The number of nitrogens with zero attached hydrogens (tertiary/aromatic N) is 2. The van der Waals surface area contributed by atoms with Crippen molar-refractivity contribution in [2.45, 2.75) is 27.9 Å². The van der Waals surface area contributed by atoms with E-state index in [4.69, 9.17) is 4.28 Å². The Balaban J connectivity index is 2.40. The molecule has 0 aliphatic heterocycles. The number of hydrogen-bond donors (Lipinski definition) is 0. The molecular formula is C14H12Br2N2O6S. The van der Waals surface area contributed by atoms with Crippen molar-refractivity contribution in [3.8, 4) is 0 Å². The maximum Gasteiger partial charge on any atom is 0.358 e. The minimum absolute atomic E-state index is 0.197. The number of carbonyl (C=O) groups excluding carboxylic acids is 1. The SMILES string of the molecule is CC1=CC(=O)C(Br)C(C)(Br)C1=NOS(=O)(=O)c1cccc([N+](=O)[O-])c1. The van der Waals surface area contributed by atoms with Gasteiger partial charge in [-0.2, -0.15) is 8.42 Å². The van der Waals surface area contributed by atoms with Crippen LogP contribution >= 0.6 is 31.9 Å². The van der Waals surface area contributed by atoms with Crippen LogP contribution in [0, 0.1) is 10.1 Å². The normalized spacial score (nSPS) is 25.6. The van der Waals surface area contributed by atoms with Gasteiger partial charge in [-0.3, -0.25) is 19.2 Å². The number of oxime groups is 1. The van der Waals surface area contributed by atoms with Gasteiger partial charge in [-0.05, 0) is 31.6 Å². The zero-order valence-electron chi connectivity index (χ0n) is 13.0. The van der Waals surface area contributed by atoms with Gasteiger partial charge in [0.05, 0.1) is 14.1 Å². The molecule has 0 saturated carbocycles. The van der Waals surface area contributed by atoms with Gasteiger partial charge in [-0.25, -0.2) is 0 Å². The molecule has 1 aromatic carbocycles. The highest BCUT2D eigenvalue weighted by atomic mass is 79.9. The van der Waals surface area contributed by atoms with Gasteiger partial charge in [0, 0.05) is 12.1 Å². The Morgan fingerprint density at radius 2 is 2.04 bits per heavy atom. The third kappa shape index (κ3) is 3.98. The average Bonchev–Trinajstić information content (AvgIpc) is 2.52. The molecule has 1 aliphatic rings. The summed E-state index contributed by atoms with van der Waals surface area (Å²) in [6.45, 7) is 3.24. The Morgan fingerprint density at radius 1 is 1.40 bits per heavy atom. The van der Waals surface area contributed by atoms with Crippen LogP contribution in [0.25, 0.3) is 0 Å². The fourth-order valence-electron chi connectivity index (χ4n) is 2.17. The van der Waals surface area contributed by atoms with Gasteiger partial charge in [-0.1, -0.05) is 43.1 Å². The number of halogens is 2. The monoisotopic (exact) mass is 494 g/mol. The Labute approximate surface area is 160 Å². The lowest BCUT2D eigenvalue weighted by molar-refractivity contribution is -0.385. The van der Waals surface area contributed by atoms with Crippen LogP contribution in [0.2, 0.25) is 0 Å². The largest absolute Gasteiger partial charge is 0.358 e. The molecule has 0 N–H and O–H groups in total. The molecule has 2 atom stereocenters. The molecule has 25 heavy (non-hydrogen) atoms. The van der Waals surface area contributed by atoms with E-state index in [0.29, 0.717) is 5.57 Å². The van der Waals surface area contributed by atoms with Crippen molar-refractivity contribution in [3.63, 3.8) is 0 Å². The number of allylic oxidation sites excluding steroid dienone is 2. The van der Waals surface area contributed by atoms with Crippen molar-refractivity contribution in [1.29, 1.82) is 0 Å². The number of alkyl halides is 2. The van der Waals surface area contributed by atoms with Crippen LogP contribution in [0.15, 0.2) is 46.0 Å².